The van der Waals surface area contributed by atoms with Crippen LogP contribution in [0.1, 0.15) is 23.2 Å². The zero-order valence-electron chi connectivity index (χ0n) is 12.7. The van der Waals surface area contributed by atoms with Crippen LogP contribution in [-0.4, -0.2) is 46.8 Å². The molecule has 0 unspecified atom stereocenters. The lowest BCUT2D eigenvalue weighted by molar-refractivity contribution is 0.0941. The summed E-state index contributed by atoms with van der Waals surface area (Å²) in [6.07, 6.45) is 0.386. The number of sulfonamides is 1. The van der Waals surface area contributed by atoms with Crippen LogP contribution >= 0.6 is 0 Å². The molecule has 1 atom stereocenters. The van der Waals surface area contributed by atoms with Crippen molar-refractivity contribution in [2.45, 2.75) is 23.8 Å². The molecule has 1 fully saturated rings. The first-order valence-corrected chi connectivity index (χ1v) is 10.5. The lowest BCUT2D eigenvalue weighted by Crippen LogP contribution is -2.35. The summed E-state index contributed by atoms with van der Waals surface area (Å²) < 4.78 is 49.2. The third-order valence-electron chi connectivity index (χ3n) is 3.50. The summed E-state index contributed by atoms with van der Waals surface area (Å²) in [5.74, 6) is -0.590. The van der Waals surface area contributed by atoms with Crippen molar-refractivity contribution in [3.05, 3.63) is 29.8 Å². The first-order chi connectivity index (χ1) is 11.2. The number of rotatable bonds is 6. The van der Waals surface area contributed by atoms with Crippen molar-refractivity contribution < 1.29 is 21.6 Å². The molecule has 10 heteroatoms. The van der Waals surface area contributed by atoms with Crippen LogP contribution in [0.15, 0.2) is 29.2 Å². The van der Waals surface area contributed by atoms with Gasteiger partial charge in [0.2, 0.25) is 10.0 Å². The van der Waals surface area contributed by atoms with E-state index >= 15 is 0 Å². The van der Waals surface area contributed by atoms with Crippen LogP contribution in [0.2, 0.25) is 0 Å². The van der Waals surface area contributed by atoms with Crippen molar-refractivity contribution in [1.82, 2.24) is 10.0 Å². The topological polar surface area (TPSA) is 133 Å². The first kappa shape index (κ1) is 18.4. The molecule has 1 heterocycles. The highest BCUT2D eigenvalue weighted by Crippen LogP contribution is 2.14. The van der Waals surface area contributed by atoms with Gasteiger partial charge in [0.05, 0.1) is 22.5 Å². The minimum Gasteiger partial charge on any atom is -0.348 e. The molecule has 1 aromatic carbocycles. The second kappa shape index (κ2) is 7.29. The minimum absolute atomic E-state index is 0.0187. The van der Waals surface area contributed by atoms with Gasteiger partial charge < -0.3 is 5.32 Å². The normalized spacial score (nSPS) is 19.5. The maximum Gasteiger partial charge on any atom is 0.251 e. The SMILES string of the molecule is N#CCCNS(=O)(=O)c1cccc(C(=O)N[C@H]2CCS(=O)(=O)C2)c1. The zero-order chi connectivity index (χ0) is 17.8. The van der Waals surface area contributed by atoms with Crippen molar-refractivity contribution >= 4 is 25.8 Å². The Morgan fingerprint density at radius 3 is 2.75 bits per heavy atom. The summed E-state index contributed by atoms with van der Waals surface area (Å²) in [7, 11) is -6.93. The van der Waals surface area contributed by atoms with Gasteiger partial charge in [-0.2, -0.15) is 5.26 Å². The van der Waals surface area contributed by atoms with E-state index in [1.165, 1.54) is 24.3 Å². The van der Waals surface area contributed by atoms with Crippen LogP contribution in [0.3, 0.4) is 0 Å². The van der Waals surface area contributed by atoms with Gasteiger partial charge in [0.1, 0.15) is 0 Å². The molecule has 130 valence electrons. The van der Waals surface area contributed by atoms with Crippen molar-refractivity contribution in [2.75, 3.05) is 18.1 Å². The van der Waals surface area contributed by atoms with Crippen LogP contribution in [0.4, 0.5) is 0 Å². The van der Waals surface area contributed by atoms with Gasteiger partial charge in [-0.05, 0) is 24.6 Å². The molecule has 1 amide bonds. The maximum atomic E-state index is 12.2. The number of sulfone groups is 1. The number of nitriles is 1. The van der Waals surface area contributed by atoms with E-state index in [1.807, 2.05) is 6.07 Å². The number of amides is 1. The molecular weight excluding hydrogens is 354 g/mol. The Kier molecular flexibility index (Phi) is 5.58. The van der Waals surface area contributed by atoms with E-state index in [0.717, 1.165) is 0 Å². The van der Waals surface area contributed by atoms with Crippen LogP contribution in [0.5, 0.6) is 0 Å². The van der Waals surface area contributed by atoms with Crippen LogP contribution < -0.4 is 10.0 Å². The molecule has 0 saturated carbocycles. The molecule has 24 heavy (non-hydrogen) atoms. The van der Waals surface area contributed by atoms with E-state index in [1.54, 1.807) is 0 Å². The third-order valence-corrected chi connectivity index (χ3v) is 6.73. The molecule has 1 aliphatic heterocycles. The summed E-state index contributed by atoms with van der Waals surface area (Å²) >= 11 is 0. The first-order valence-electron chi connectivity index (χ1n) is 7.21. The van der Waals surface area contributed by atoms with Crippen molar-refractivity contribution in [2.24, 2.45) is 0 Å². The molecule has 0 aromatic heterocycles. The molecule has 2 N–H and O–H groups in total. The molecular formula is C14H17N3O5S2. The lowest BCUT2D eigenvalue weighted by Gasteiger charge is -2.12. The van der Waals surface area contributed by atoms with E-state index in [9.17, 15) is 21.6 Å². The summed E-state index contributed by atoms with van der Waals surface area (Å²) in [4.78, 5) is 12.1. The maximum absolute atomic E-state index is 12.2. The quantitative estimate of drug-likeness (QED) is 0.665. The summed E-state index contributed by atoms with van der Waals surface area (Å²) in [6.45, 7) is -0.0187. The fourth-order valence-corrected chi connectivity index (χ4v) is 5.06. The Morgan fingerprint density at radius 1 is 1.38 bits per heavy atom. The molecule has 0 spiro atoms. The van der Waals surface area contributed by atoms with E-state index in [4.69, 9.17) is 5.26 Å². The standard InChI is InChI=1S/C14H17N3O5S2/c15-6-2-7-16-24(21,22)13-4-1-3-11(9-13)14(18)17-12-5-8-23(19,20)10-12/h1,3-4,9,12,16H,2,5,7-8,10H2,(H,17,18)/t12-/m0/s1. The molecule has 0 aliphatic carbocycles. The van der Waals surface area contributed by atoms with Crippen LogP contribution in [-0.2, 0) is 19.9 Å². The molecule has 1 saturated heterocycles. The second-order valence-corrected chi connectivity index (χ2v) is 9.40. The van der Waals surface area contributed by atoms with E-state index in [0.29, 0.717) is 6.42 Å². The Morgan fingerprint density at radius 2 is 2.12 bits per heavy atom. The number of hydrogen-bond acceptors (Lipinski definition) is 6. The molecule has 1 aliphatic rings. The van der Waals surface area contributed by atoms with Gasteiger partial charge in [-0.15, -0.1) is 0 Å². The predicted molar refractivity (Wildman–Crippen MR) is 86.4 cm³/mol. The largest absolute Gasteiger partial charge is 0.348 e. The summed E-state index contributed by atoms with van der Waals surface area (Å²) in [5, 5.41) is 11.0. The van der Waals surface area contributed by atoms with Gasteiger partial charge in [0, 0.05) is 24.6 Å². The van der Waals surface area contributed by atoms with E-state index < -0.39 is 31.8 Å². The Balaban J connectivity index is 2.10. The number of nitrogens with one attached hydrogen (secondary N) is 2. The number of nitrogens with zero attached hydrogens (tertiary/aromatic N) is 1. The average molecular weight is 371 g/mol. The predicted octanol–water partition coefficient (Wildman–Crippen LogP) is -0.205. The number of carbonyl (C=O) groups excluding carboxylic acids is 1. The van der Waals surface area contributed by atoms with Gasteiger partial charge in [0.25, 0.3) is 5.91 Å². The highest BCUT2D eigenvalue weighted by molar-refractivity contribution is 7.91. The van der Waals surface area contributed by atoms with Crippen molar-refractivity contribution in [1.29, 1.82) is 5.26 Å². The highest BCUT2D eigenvalue weighted by Gasteiger charge is 2.29. The van der Waals surface area contributed by atoms with Gasteiger partial charge >= 0.3 is 0 Å². The Labute approximate surface area is 140 Å². The van der Waals surface area contributed by atoms with Gasteiger partial charge in [-0.1, -0.05) is 6.07 Å². The second-order valence-electron chi connectivity index (χ2n) is 5.41. The fourth-order valence-electron chi connectivity index (χ4n) is 2.31. The van der Waals surface area contributed by atoms with Crippen LogP contribution in [0.25, 0.3) is 0 Å². The van der Waals surface area contributed by atoms with Crippen LogP contribution in [0, 0.1) is 11.3 Å². The smallest absolute Gasteiger partial charge is 0.251 e. The molecule has 8 nitrogen and oxygen atoms in total. The fraction of sp³-hybridized carbons (Fsp3) is 0.429. The van der Waals surface area contributed by atoms with Crippen molar-refractivity contribution in [3.63, 3.8) is 0 Å². The average Bonchev–Trinajstić information content (AvgIpc) is 2.86. The van der Waals surface area contributed by atoms with Gasteiger partial charge in [-0.3, -0.25) is 4.79 Å². The Bertz CT molecular complexity index is 872. The minimum atomic E-state index is -3.81. The highest BCUT2D eigenvalue weighted by atomic mass is 32.2. The lowest BCUT2D eigenvalue weighted by atomic mass is 10.2. The van der Waals surface area contributed by atoms with Gasteiger partial charge in [0.15, 0.2) is 9.84 Å². The third kappa shape index (κ3) is 4.77. The Hall–Kier alpha value is -1.96. The molecule has 1 aromatic rings. The summed E-state index contributed by atoms with van der Waals surface area (Å²) in [5.41, 5.74) is 0.127. The number of hydrogen-bond donors (Lipinski definition) is 2. The van der Waals surface area contributed by atoms with E-state index in [2.05, 4.69) is 10.0 Å². The molecule has 0 bridgehead atoms. The number of benzene rings is 1. The monoisotopic (exact) mass is 371 g/mol. The van der Waals surface area contributed by atoms with Crippen molar-refractivity contribution in [3.8, 4) is 6.07 Å². The number of carbonyl (C=O) groups is 1. The molecule has 0 radical (unpaired) electrons. The zero-order valence-corrected chi connectivity index (χ0v) is 14.4. The van der Waals surface area contributed by atoms with E-state index in [-0.39, 0.29) is 34.9 Å². The summed E-state index contributed by atoms with van der Waals surface area (Å²) in [6, 6.07) is 6.80. The molecule has 2 rings (SSSR count). The van der Waals surface area contributed by atoms with Gasteiger partial charge in [-0.25, -0.2) is 21.6 Å².